The van der Waals surface area contributed by atoms with Crippen LogP contribution in [0.4, 0.5) is 0 Å². The second-order valence-electron chi connectivity index (χ2n) is 6.44. The molecular weight excluding hydrogens is 326 g/mol. The standard InChI is InChI=1S/C21H19N3O2/c1-25-15-8-6-14(7-9-15)20-23-19-16-4-2-3-5-18(16)26-13-10-17(19)21-22-11-12-24(20)21/h2-9H,10-13H2,1H3. The van der Waals surface area contributed by atoms with Gasteiger partial charge >= 0.3 is 0 Å². The molecule has 0 aromatic heterocycles. The fourth-order valence-corrected chi connectivity index (χ4v) is 3.72. The van der Waals surface area contributed by atoms with Crippen molar-refractivity contribution in [3.05, 3.63) is 65.2 Å². The first-order valence-corrected chi connectivity index (χ1v) is 8.86. The van der Waals surface area contributed by atoms with E-state index in [-0.39, 0.29) is 0 Å². The summed E-state index contributed by atoms with van der Waals surface area (Å²) >= 11 is 0. The fraction of sp³-hybridized carbons (Fsp3) is 0.238. The molecule has 0 fully saturated rings. The zero-order valence-corrected chi connectivity index (χ0v) is 14.6. The van der Waals surface area contributed by atoms with E-state index in [9.17, 15) is 0 Å². The Labute approximate surface area is 152 Å². The van der Waals surface area contributed by atoms with Gasteiger partial charge in [0.25, 0.3) is 0 Å². The number of hydrogen-bond acceptors (Lipinski definition) is 5. The first kappa shape index (κ1) is 15.2. The number of fused-ring (bicyclic) bond motifs is 4. The van der Waals surface area contributed by atoms with E-state index in [1.54, 1.807) is 7.11 Å². The van der Waals surface area contributed by atoms with Crippen LogP contribution >= 0.6 is 0 Å². The summed E-state index contributed by atoms with van der Waals surface area (Å²) in [5, 5.41) is 0. The van der Waals surface area contributed by atoms with Crippen LogP contribution in [-0.2, 0) is 0 Å². The molecule has 3 heterocycles. The number of benzene rings is 2. The van der Waals surface area contributed by atoms with Crippen molar-refractivity contribution in [2.75, 3.05) is 26.8 Å². The van der Waals surface area contributed by atoms with Crippen molar-refractivity contribution < 1.29 is 9.47 Å². The molecule has 0 atom stereocenters. The van der Waals surface area contributed by atoms with Crippen molar-refractivity contribution >= 4 is 17.4 Å². The predicted octanol–water partition coefficient (Wildman–Crippen LogP) is 3.36. The molecule has 2 aromatic rings. The van der Waals surface area contributed by atoms with E-state index in [1.807, 2.05) is 30.3 Å². The number of hydrogen-bond donors (Lipinski definition) is 0. The van der Waals surface area contributed by atoms with Gasteiger partial charge in [-0.25, -0.2) is 4.99 Å². The van der Waals surface area contributed by atoms with E-state index in [2.05, 4.69) is 23.1 Å². The van der Waals surface area contributed by atoms with Crippen molar-refractivity contribution in [2.45, 2.75) is 6.42 Å². The Morgan fingerprint density at radius 3 is 2.73 bits per heavy atom. The van der Waals surface area contributed by atoms with Crippen molar-refractivity contribution in [3.63, 3.8) is 0 Å². The monoisotopic (exact) mass is 345 g/mol. The average molecular weight is 345 g/mol. The Morgan fingerprint density at radius 2 is 1.88 bits per heavy atom. The van der Waals surface area contributed by atoms with Gasteiger partial charge in [0, 0.05) is 29.7 Å². The summed E-state index contributed by atoms with van der Waals surface area (Å²) in [4.78, 5) is 12.1. The van der Waals surface area contributed by atoms with Gasteiger partial charge in [-0.1, -0.05) is 12.1 Å². The molecule has 0 saturated carbocycles. The Kier molecular flexibility index (Phi) is 3.52. The molecule has 5 heteroatoms. The van der Waals surface area contributed by atoms with Crippen molar-refractivity contribution in [3.8, 4) is 11.5 Å². The maximum Gasteiger partial charge on any atom is 0.142 e. The molecule has 0 radical (unpaired) electrons. The molecule has 130 valence electrons. The third-order valence-corrected chi connectivity index (χ3v) is 4.97. The van der Waals surface area contributed by atoms with Crippen LogP contribution in [0.3, 0.4) is 0 Å². The fourth-order valence-electron chi connectivity index (χ4n) is 3.72. The lowest BCUT2D eigenvalue weighted by molar-refractivity contribution is 0.325. The van der Waals surface area contributed by atoms with Gasteiger partial charge in [-0.3, -0.25) is 4.99 Å². The molecule has 5 nitrogen and oxygen atoms in total. The van der Waals surface area contributed by atoms with Crippen molar-refractivity contribution in [1.29, 1.82) is 0 Å². The summed E-state index contributed by atoms with van der Waals surface area (Å²) in [6, 6.07) is 16.2. The summed E-state index contributed by atoms with van der Waals surface area (Å²) in [5.41, 5.74) is 4.28. The van der Waals surface area contributed by atoms with Crippen LogP contribution < -0.4 is 9.47 Å². The summed E-state index contributed by atoms with van der Waals surface area (Å²) in [7, 11) is 1.68. The third kappa shape index (κ3) is 2.31. The maximum atomic E-state index is 5.96. The number of amidine groups is 2. The maximum absolute atomic E-state index is 5.96. The SMILES string of the molecule is COc1ccc(C2=NC3=C(CCOc4ccccc43)C3=NCCN32)cc1. The van der Waals surface area contributed by atoms with Crippen molar-refractivity contribution in [2.24, 2.45) is 9.98 Å². The summed E-state index contributed by atoms with van der Waals surface area (Å²) in [5.74, 6) is 3.72. The summed E-state index contributed by atoms with van der Waals surface area (Å²) < 4.78 is 11.2. The van der Waals surface area contributed by atoms with Gasteiger partial charge < -0.3 is 14.4 Å². The molecule has 0 saturated heterocycles. The molecular formula is C21H19N3O2. The molecule has 3 aliphatic heterocycles. The molecule has 5 rings (SSSR count). The highest BCUT2D eigenvalue weighted by Crippen LogP contribution is 2.38. The van der Waals surface area contributed by atoms with Crippen LogP contribution in [0.1, 0.15) is 17.5 Å². The van der Waals surface area contributed by atoms with Crippen LogP contribution in [0.5, 0.6) is 11.5 Å². The van der Waals surface area contributed by atoms with Gasteiger partial charge in [0.15, 0.2) is 0 Å². The summed E-state index contributed by atoms with van der Waals surface area (Å²) in [6.07, 6.45) is 0.818. The van der Waals surface area contributed by atoms with Crippen LogP contribution in [0, 0.1) is 0 Å². The molecule has 26 heavy (non-hydrogen) atoms. The molecule has 0 amide bonds. The number of rotatable bonds is 2. The molecule has 0 unspecified atom stereocenters. The average Bonchev–Trinajstić information content (AvgIpc) is 3.11. The summed E-state index contributed by atoms with van der Waals surface area (Å²) in [6.45, 7) is 2.30. The van der Waals surface area contributed by atoms with Gasteiger partial charge in [0.05, 0.1) is 26.0 Å². The van der Waals surface area contributed by atoms with Gasteiger partial charge in [-0.2, -0.15) is 0 Å². The van der Waals surface area contributed by atoms with Crippen LogP contribution in [0.2, 0.25) is 0 Å². The van der Waals surface area contributed by atoms with E-state index in [4.69, 9.17) is 19.5 Å². The van der Waals surface area contributed by atoms with E-state index in [0.717, 1.165) is 59.5 Å². The minimum absolute atomic E-state index is 0.649. The Bertz CT molecular complexity index is 957. The van der Waals surface area contributed by atoms with E-state index < -0.39 is 0 Å². The van der Waals surface area contributed by atoms with Crippen LogP contribution in [0.15, 0.2) is 64.1 Å². The lowest BCUT2D eigenvalue weighted by Gasteiger charge is -2.29. The number of para-hydroxylation sites is 1. The lowest BCUT2D eigenvalue weighted by Crippen LogP contribution is -2.38. The first-order chi connectivity index (χ1) is 12.8. The molecule has 0 N–H and O–H groups in total. The largest absolute Gasteiger partial charge is 0.497 e. The smallest absolute Gasteiger partial charge is 0.142 e. The third-order valence-electron chi connectivity index (χ3n) is 4.97. The first-order valence-electron chi connectivity index (χ1n) is 8.86. The lowest BCUT2D eigenvalue weighted by atomic mass is 10.00. The normalized spacial score (nSPS) is 18.1. The van der Waals surface area contributed by atoms with Gasteiger partial charge in [0.1, 0.15) is 23.2 Å². The molecule has 2 aromatic carbocycles. The molecule has 0 bridgehead atoms. The quantitative estimate of drug-likeness (QED) is 0.838. The van der Waals surface area contributed by atoms with E-state index in [0.29, 0.717) is 6.61 Å². The van der Waals surface area contributed by atoms with Gasteiger partial charge in [0.2, 0.25) is 0 Å². The van der Waals surface area contributed by atoms with Crippen LogP contribution in [-0.4, -0.2) is 43.4 Å². The predicted molar refractivity (Wildman–Crippen MR) is 102 cm³/mol. The number of ether oxygens (including phenoxy) is 2. The second-order valence-corrected chi connectivity index (χ2v) is 6.44. The number of aliphatic imine (C=N–C) groups is 2. The Hall–Kier alpha value is -3.08. The highest BCUT2D eigenvalue weighted by Gasteiger charge is 2.34. The zero-order chi connectivity index (χ0) is 17.5. The Balaban J connectivity index is 1.69. The Morgan fingerprint density at radius 1 is 1.04 bits per heavy atom. The van der Waals surface area contributed by atoms with Gasteiger partial charge in [-0.15, -0.1) is 0 Å². The highest BCUT2D eigenvalue weighted by atomic mass is 16.5. The minimum atomic E-state index is 0.649. The molecule has 0 aliphatic carbocycles. The van der Waals surface area contributed by atoms with Crippen LogP contribution in [0.25, 0.3) is 5.70 Å². The second kappa shape index (κ2) is 6.02. The molecule has 0 spiro atoms. The van der Waals surface area contributed by atoms with E-state index >= 15 is 0 Å². The highest BCUT2D eigenvalue weighted by molar-refractivity contribution is 6.22. The van der Waals surface area contributed by atoms with Crippen molar-refractivity contribution in [1.82, 2.24) is 4.90 Å². The minimum Gasteiger partial charge on any atom is -0.497 e. The van der Waals surface area contributed by atoms with E-state index in [1.165, 1.54) is 5.57 Å². The number of nitrogens with zero attached hydrogens (tertiary/aromatic N) is 3. The molecule has 3 aliphatic rings. The zero-order valence-electron chi connectivity index (χ0n) is 14.6. The topological polar surface area (TPSA) is 46.4 Å². The van der Waals surface area contributed by atoms with Gasteiger partial charge in [-0.05, 0) is 36.4 Å². The number of methoxy groups -OCH3 is 1.